The van der Waals surface area contributed by atoms with Gasteiger partial charge in [-0.1, -0.05) is 19.9 Å². The van der Waals surface area contributed by atoms with E-state index in [1.54, 1.807) is 0 Å². The molecule has 6 rings (SSSR count). The number of nitrogens with zero attached hydrogens (tertiary/aromatic N) is 3. The molecule has 4 aliphatic rings. The molecule has 3 saturated carbocycles. The summed E-state index contributed by atoms with van der Waals surface area (Å²) in [5.74, 6) is 4.00. The molecule has 1 aliphatic heterocycles. The Kier molecular flexibility index (Phi) is 3.83. The van der Waals surface area contributed by atoms with Gasteiger partial charge in [0.15, 0.2) is 5.65 Å². The number of nitrogens with one attached hydrogen (secondary N) is 1. The first-order valence-corrected chi connectivity index (χ1v) is 11.7. The molecule has 3 aliphatic carbocycles. The average Bonchev–Trinajstić information content (AvgIpc) is 3.31. The lowest BCUT2D eigenvalue weighted by Crippen LogP contribution is -2.59. The Morgan fingerprint density at radius 1 is 1.13 bits per heavy atom. The molecule has 0 aromatic carbocycles. The number of imidazole rings is 1. The van der Waals surface area contributed by atoms with Crippen molar-refractivity contribution in [3.8, 4) is 0 Å². The first-order valence-electron chi connectivity index (χ1n) is 11.7. The van der Waals surface area contributed by atoms with Crippen molar-refractivity contribution < 1.29 is 4.79 Å². The summed E-state index contributed by atoms with van der Waals surface area (Å²) < 4.78 is 0. The molecule has 5 nitrogen and oxygen atoms in total. The van der Waals surface area contributed by atoms with Gasteiger partial charge in [-0.05, 0) is 79.9 Å². The molecule has 1 N–H and O–H groups in total. The third kappa shape index (κ3) is 2.32. The number of fused-ring (bicyclic) bond motifs is 6. The summed E-state index contributed by atoms with van der Waals surface area (Å²) in [6.07, 6.45) is 13.4. The molecule has 1 amide bonds. The number of carbonyl (C=O) groups is 1. The normalized spacial score (nSPS) is 42.8. The monoisotopic (exact) mass is 404 g/mol. The molecule has 3 heterocycles. The number of H-pyrrole nitrogens is 1. The predicted molar refractivity (Wildman–Crippen MR) is 117 cm³/mol. The van der Waals surface area contributed by atoms with Gasteiger partial charge in [0.2, 0.25) is 5.91 Å². The third-order valence-corrected chi connectivity index (χ3v) is 9.73. The molecule has 158 valence electrons. The molecule has 7 atom stereocenters. The topological polar surface area (TPSA) is 61.9 Å². The first-order chi connectivity index (χ1) is 14.4. The van der Waals surface area contributed by atoms with Gasteiger partial charge >= 0.3 is 0 Å². The van der Waals surface area contributed by atoms with Crippen molar-refractivity contribution >= 4 is 17.1 Å². The van der Waals surface area contributed by atoms with Crippen LogP contribution in [0.5, 0.6) is 0 Å². The molecule has 0 bridgehead atoms. The van der Waals surface area contributed by atoms with Crippen LogP contribution in [0.3, 0.4) is 0 Å². The SMILES string of the molecule is CN1C(=O)C=C[C@]2(C)C3CCC4(C)C(CC[C@@H]4c4nc5ncccc5[nH]4)C3CCC12. The largest absolute Gasteiger partial charge is 0.340 e. The van der Waals surface area contributed by atoms with E-state index in [1.165, 1.54) is 32.1 Å². The summed E-state index contributed by atoms with van der Waals surface area (Å²) in [6, 6.07) is 4.42. The van der Waals surface area contributed by atoms with Crippen molar-refractivity contribution in [1.29, 1.82) is 0 Å². The number of amides is 1. The Hall–Kier alpha value is -2.17. The molecular weight excluding hydrogens is 372 g/mol. The minimum absolute atomic E-state index is 0.119. The maximum atomic E-state index is 12.3. The van der Waals surface area contributed by atoms with Gasteiger partial charge in [-0.2, -0.15) is 0 Å². The van der Waals surface area contributed by atoms with Crippen molar-refractivity contribution in [2.24, 2.45) is 28.6 Å². The molecular formula is C25H32N4O. The number of aromatic amines is 1. The molecule has 30 heavy (non-hydrogen) atoms. The van der Waals surface area contributed by atoms with Gasteiger partial charge in [0.05, 0.1) is 5.52 Å². The van der Waals surface area contributed by atoms with Crippen LogP contribution in [0.4, 0.5) is 0 Å². The van der Waals surface area contributed by atoms with Crippen LogP contribution in [0.25, 0.3) is 11.2 Å². The third-order valence-electron chi connectivity index (χ3n) is 9.73. The summed E-state index contributed by atoms with van der Waals surface area (Å²) in [4.78, 5) is 27.3. The van der Waals surface area contributed by atoms with Crippen LogP contribution in [-0.2, 0) is 4.79 Å². The van der Waals surface area contributed by atoms with E-state index in [9.17, 15) is 4.79 Å². The number of hydrogen-bond donors (Lipinski definition) is 1. The van der Waals surface area contributed by atoms with Gasteiger partial charge in [-0.3, -0.25) is 4.79 Å². The maximum Gasteiger partial charge on any atom is 0.246 e. The number of likely N-dealkylation sites (N-methyl/N-ethyl adjacent to an activating group) is 1. The van der Waals surface area contributed by atoms with Crippen LogP contribution in [0.1, 0.15) is 64.1 Å². The van der Waals surface area contributed by atoms with E-state index < -0.39 is 0 Å². The number of carbonyl (C=O) groups excluding carboxylic acids is 1. The molecule has 0 saturated heterocycles. The number of hydrogen-bond acceptors (Lipinski definition) is 3. The maximum absolute atomic E-state index is 12.3. The van der Waals surface area contributed by atoms with Gasteiger partial charge in [0, 0.05) is 30.6 Å². The van der Waals surface area contributed by atoms with E-state index >= 15 is 0 Å². The Bertz CT molecular complexity index is 1010. The van der Waals surface area contributed by atoms with E-state index in [2.05, 4.69) is 36.0 Å². The van der Waals surface area contributed by atoms with Crippen molar-refractivity contribution in [3.05, 3.63) is 36.3 Å². The van der Waals surface area contributed by atoms with Crippen molar-refractivity contribution in [1.82, 2.24) is 19.9 Å². The van der Waals surface area contributed by atoms with Crippen LogP contribution in [-0.4, -0.2) is 38.8 Å². The summed E-state index contributed by atoms with van der Waals surface area (Å²) in [5.41, 5.74) is 2.33. The summed E-state index contributed by atoms with van der Waals surface area (Å²) in [7, 11) is 2.00. The lowest BCUT2D eigenvalue weighted by atomic mass is 9.47. The van der Waals surface area contributed by atoms with Crippen LogP contribution in [0.15, 0.2) is 30.5 Å². The molecule has 2 aromatic heterocycles. The minimum atomic E-state index is 0.119. The van der Waals surface area contributed by atoms with Gasteiger partial charge in [-0.15, -0.1) is 0 Å². The Morgan fingerprint density at radius 2 is 2.00 bits per heavy atom. The van der Waals surface area contributed by atoms with E-state index in [1.807, 2.05) is 30.3 Å². The van der Waals surface area contributed by atoms with Crippen LogP contribution in [0, 0.1) is 28.6 Å². The highest BCUT2D eigenvalue weighted by molar-refractivity contribution is 5.89. The number of aromatic nitrogens is 3. The molecule has 3 fully saturated rings. The molecule has 0 radical (unpaired) electrons. The summed E-state index contributed by atoms with van der Waals surface area (Å²) in [6.45, 7) is 4.96. The Morgan fingerprint density at radius 3 is 2.83 bits per heavy atom. The quantitative estimate of drug-likeness (QED) is 0.751. The number of pyridine rings is 1. The van der Waals surface area contributed by atoms with E-state index in [0.717, 1.165) is 35.2 Å². The predicted octanol–water partition coefficient (Wildman–Crippen LogP) is 4.68. The minimum Gasteiger partial charge on any atom is -0.340 e. The molecule has 5 heteroatoms. The second kappa shape index (κ2) is 6.18. The zero-order valence-corrected chi connectivity index (χ0v) is 18.3. The first kappa shape index (κ1) is 18.6. The van der Waals surface area contributed by atoms with E-state index in [0.29, 0.717) is 23.3 Å². The Balaban J connectivity index is 1.34. The highest BCUT2D eigenvalue weighted by atomic mass is 16.2. The van der Waals surface area contributed by atoms with Crippen LogP contribution in [0.2, 0.25) is 0 Å². The van der Waals surface area contributed by atoms with Crippen molar-refractivity contribution in [2.45, 2.75) is 64.3 Å². The lowest BCUT2D eigenvalue weighted by Gasteiger charge is -2.60. The highest BCUT2D eigenvalue weighted by Crippen LogP contribution is 2.67. The average molecular weight is 405 g/mol. The second-order valence-corrected chi connectivity index (χ2v) is 10.8. The van der Waals surface area contributed by atoms with Gasteiger partial charge in [0.1, 0.15) is 5.82 Å². The zero-order chi connectivity index (χ0) is 20.7. The van der Waals surface area contributed by atoms with Gasteiger partial charge in [-0.25, -0.2) is 9.97 Å². The van der Waals surface area contributed by atoms with Crippen LogP contribution < -0.4 is 0 Å². The van der Waals surface area contributed by atoms with E-state index in [4.69, 9.17) is 4.98 Å². The van der Waals surface area contributed by atoms with Crippen molar-refractivity contribution in [2.75, 3.05) is 7.05 Å². The fourth-order valence-electron chi connectivity index (χ4n) is 8.22. The van der Waals surface area contributed by atoms with Crippen LogP contribution >= 0.6 is 0 Å². The molecule has 0 spiro atoms. The lowest BCUT2D eigenvalue weighted by molar-refractivity contribution is -0.138. The van der Waals surface area contributed by atoms with Gasteiger partial charge < -0.3 is 9.88 Å². The fourth-order valence-corrected chi connectivity index (χ4v) is 8.22. The smallest absolute Gasteiger partial charge is 0.246 e. The molecule has 5 unspecified atom stereocenters. The number of rotatable bonds is 1. The van der Waals surface area contributed by atoms with Gasteiger partial charge in [0.25, 0.3) is 0 Å². The highest BCUT2D eigenvalue weighted by Gasteiger charge is 2.60. The molecule has 2 aromatic rings. The zero-order valence-electron chi connectivity index (χ0n) is 18.3. The van der Waals surface area contributed by atoms with E-state index in [-0.39, 0.29) is 11.3 Å². The standard InChI is InChI=1S/C25H32N4O/c1-24-12-10-17-15(6-9-20-25(17,2)13-11-21(30)29(20)3)16(24)7-8-18(24)22-27-19-5-4-14-26-23(19)28-22/h4-5,11,13-18,20H,6-10,12H2,1-3H3,(H,26,27,28)/t15?,16?,17?,18-,20?,24?,25-/m1/s1. The fraction of sp³-hybridized carbons (Fsp3) is 0.640. The van der Waals surface area contributed by atoms with Crippen molar-refractivity contribution in [3.63, 3.8) is 0 Å². The Labute approximate surface area is 178 Å². The summed E-state index contributed by atoms with van der Waals surface area (Å²) in [5, 5.41) is 0. The second-order valence-electron chi connectivity index (χ2n) is 10.8. The summed E-state index contributed by atoms with van der Waals surface area (Å²) >= 11 is 0.